The second-order valence-electron chi connectivity index (χ2n) is 5.38. The van der Waals surface area contributed by atoms with Crippen molar-refractivity contribution in [1.29, 1.82) is 0 Å². The van der Waals surface area contributed by atoms with Crippen LogP contribution < -0.4 is 10.0 Å². The lowest BCUT2D eigenvalue weighted by Crippen LogP contribution is -2.24. The number of rotatable bonds is 5. The highest BCUT2D eigenvalue weighted by molar-refractivity contribution is 7.89. The number of pyridine rings is 1. The summed E-state index contributed by atoms with van der Waals surface area (Å²) >= 11 is 0. The Labute approximate surface area is 145 Å². The van der Waals surface area contributed by atoms with E-state index in [4.69, 9.17) is 0 Å². The first kappa shape index (κ1) is 17.1. The number of hydrogen-bond acceptors (Lipinski definition) is 4. The van der Waals surface area contributed by atoms with E-state index in [2.05, 4.69) is 15.0 Å². The van der Waals surface area contributed by atoms with Crippen LogP contribution in [-0.2, 0) is 10.0 Å². The summed E-state index contributed by atoms with van der Waals surface area (Å²) in [5.74, 6) is -0.210. The van der Waals surface area contributed by atoms with Gasteiger partial charge in [-0.15, -0.1) is 0 Å². The van der Waals surface area contributed by atoms with Gasteiger partial charge in [0.05, 0.1) is 11.1 Å². The number of carbonyl (C=O) groups excluding carboxylic acids is 1. The molecule has 1 aromatic carbocycles. The second-order valence-corrected chi connectivity index (χ2v) is 7.27. The number of aromatic nitrogens is 2. The number of sulfonamides is 1. The van der Waals surface area contributed by atoms with E-state index >= 15 is 0 Å². The van der Waals surface area contributed by atoms with Gasteiger partial charge in [0, 0.05) is 12.7 Å². The lowest BCUT2D eigenvalue weighted by molar-refractivity contribution is 0.0950. The maximum atomic E-state index is 12.1. The number of fused-ring (bicyclic) bond motifs is 1. The zero-order valence-corrected chi connectivity index (χ0v) is 14.7. The lowest BCUT2D eigenvalue weighted by Gasteiger charge is -2.08. The van der Waals surface area contributed by atoms with Crippen LogP contribution in [-0.4, -0.2) is 37.3 Å². The zero-order chi connectivity index (χ0) is 18.0. The predicted molar refractivity (Wildman–Crippen MR) is 94.9 cm³/mol. The largest absolute Gasteiger partial charge is 0.351 e. The number of nitrogens with one attached hydrogen (secondary N) is 2. The van der Waals surface area contributed by atoms with Gasteiger partial charge in [-0.1, -0.05) is 12.1 Å². The van der Waals surface area contributed by atoms with Crippen molar-refractivity contribution in [2.24, 2.45) is 0 Å². The highest BCUT2D eigenvalue weighted by Crippen LogP contribution is 2.23. The van der Waals surface area contributed by atoms with Gasteiger partial charge in [-0.05, 0) is 49.4 Å². The van der Waals surface area contributed by atoms with Gasteiger partial charge >= 0.3 is 0 Å². The number of carbonyl (C=O) groups is 1. The first-order valence-electron chi connectivity index (χ1n) is 7.75. The van der Waals surface area contributed by atoms with Crippen molar-refractivity contribution in [3.8, 4) is 11.1 Å². The third-order valence-corrected chi connectivity index (χ3v) is 5.23. The third-order valence-electron chi connectivity index (χ3n) is 3.82. The molecule has 0 unspecified atom stereocenters. The van der Waals surface area contributed by atoms with Gasteiger partial charge in [0.25, 0.3) is 5.91 Å². The van der Waals surface area contributed by atoms with Crippen LogP contribution in [0.1, 0.15) is 17.4 Å². The average Bonchev–Trinajstić information content (AvgIpc) is 3.05. The molecule has 3 aromatic rings. The number of amides is 1. The summed E-state index contributed by atoms with van der Waals surface area (Å²) in [4.78, 5) is 16.5. The minimum Gasteiger partial charge on any atom is -0.351 e. The summed E-state index contributed by atoms with van der Waals surface area (Å²) < 4.78 is 28.0. The van der Waals surface area contributed by atoms with Crippen LogP contribution in [0, 0.1) is 0 Å². The van der Waals surface area contributed by atoms with Crippen LogP contribution in [0.3, 0.4) is 0 Å². The molecule has 0 spiro atoms. The number of imidazole rings is 1. The maximum Gasteiger partial charge on any atom is 0.269 e. The summed E-state index contributed by atoms with van der Waals surface area (Å²) in [5, 5.41) is 2.75. The molecule has 2 N–H and O–H groups in total. The van der Waals surface area contributed by atoms with Crippen LogP contribution in [0.25, 0.3) is 16.8 Å². The Morgan fingerprint density at radius 1 is 1.20 bits per heavy atom. The molecule has 3 rings (SSSR count). The Morgan fingerprint density at radius 3 is 2.72 bits per heavy atom. The monoisotopic (exact) mass is 358 g/mol. The molecule has 7 nitrogen and oxygen atoms in total. The summed E-state index contributed by atoms with van der Waals surface area (Å²) in [7, 11) is -2.15. The summed E-state index contributed by atoms with van der Waals surface area (Å²) in [5.41, 5.74) is 2.58. The van der Waals surface area contributed by atoms with Gasteiger partial charge in [-0.25, -0.2) is 18.1 Å². The zero-order valence-electron chi connectivity index (χ0n) is 13.9. The standard InChI is InChI=1S/C17H18N4O3S/c1-3-19-17(22)15-10-20-16-8-7-13(11-21(15)16)12-5-4-6-14(9-12)25(23,24)18-2/h4-11,18H,3H2,1-2H3,(H,19,22). The maximum absolute atomic E-state index is 12.1. The van der Waals surface area contributed by atoms with Gasteiger partial charge in [-0.2, -0.15) is 0 Å². The van der Waals surface area contributed by atoms with Crippen molar-refractivity contribution in [2.45, 2.75) is 11.8 Å². The summed E-state index contributed by atoms with van der Waals surface area (Å²) in [6.07, 6.45) is 3.30. The SMILES string of the molecule is CCNC(=O)c1cnc2ccc(-c3cccc(S(=O)(=O)NC)c3)cn12. The van der Waals surface area contributed by atoms with Crippen LogP contribution in [0.5, 0.6) is 0 Å². The molecule has 25 heavy (non-hydrogen) atoms. The molecule has 8 heteroatoms. The van der Waals surface area contributed by atoms with Crippen molar-refractivity contribution in [3.05, 3.63) is 54.5 Å². The third kappa shape index (κ3) is 3.26. The fraction of sp³-hybridized carbons (Fsp3) is 0.176. The van der Waals surface area contributed by atoms with E-state index in [1.807, 2.05) is 19.1 Å². The first-order valence-corrected chi connectivity index (χ1v) is 9.24. The van der Waals surface area contributed by atoms with Crippen LogP contribution >= 0.6 is 0 Å². The van der Waals surface area contributed by atoms with E-state index in [0.717, 1.165) is 11.1 Å². The van der Waals surface area contributed by atoms with Gasteiger partial charge in [0.15, 0.2) is 0 Å². The highest BCUT2D eigenvalue weighted by atomic mass is 32.2. The minimum atomic E-state index is -3.52. The van der Waals surface area contributed by atoms with Crippen LogP contribution in [0.15, 0.2) is 53.7 Å². The normalized spacial score (nSPS) is 11.6. The minimum absolute atomic E-state index is 0.183. The molecular formula is C17H18N4O3S. The van der Waals surface area contributed by atoms with Gasteiger partial charge in [0.1, 0.15) is 11.3 Å². The molecule has 2 heterocycles. The molecule has 0 bridgehead atoms. The Bertz CT molecular complexity index is 1040. The molecule has 0 aliphatic carbocycles. The van der Waals surface area contributed by atoms with E-state index in [9.17, 15) is 13.2 Å². The fourth-order valence-corrected chi connectivity index (χ4v) is 3.31. The molecule has 0 atom stereocenters. The molecule has 2 aromatic heterocycles. The fourth-order valence-electron chi connectivity index (χ4n) is 2.53. The Hall–Kier alpha value is -2.71. The summed E-state index contributed by atoms with van der Waals surface area (Å²) in [6, 6.07) is 10.3. The molecule has 0 saturated carbocycles. The molecule has 1 amide bonds. The highest BCUT2D eigenvalue weighted by Gasteiger charge is 2.14. The van der Waals surface area contributed by atoms with Gasteiger partial charge in [0.2, 0.25) is 10.0 Å². The van der Waals surface area contributed by atoms with Crippen molar-refractivity contribution in [3.63, 3.8) is 0 Å². The number of nitrogens with zero attached hydrogens (tertiary/aromatic N) is 2. The predicted octanol–water partition coefficient (Wildman–Crippen LogP) is 1.66. The number of benzene rings is 1. The molecule has 130 valence electrons. The van der Waals surface area contributed by atoms with Crippen LogP contribution in [0.4, 0.5) is 0 Å². The Balaban J connectivity index is 2.09. The Morgan fingerprint density at radius 2 is 2.00 bits per heavy atom. The van der Waals surface area contributed by atoms with E-state index in [0.29, 0.717) is 17.9 Å². The van der Waals surface area contributed by atoms with Crippen molar-refractivity contribution in [1.82, 2.24) is 19.4 Å². The topological polar surface area (TPSA) is 92.6 Å². The van der Waals surface area contributed by atoms with Gasteiger partial charge in [-0.3, -0.25) is 9.20 Å². The van der Waals surface area contributed by atoms with E-state index in [1.54, 1.807) is 28.8 Å². The quantitative estimate of drug-likeness (QED) is 0.725. The Kier molecular flexibility index (Phi) is 4.56. The lowest BCUT2D eigenvalue weighted by atomic mass is 10.1. The van der Waals surface area contributed by atoms with Crippen LogP contribution in [0.2, 0.25) is 0 Å². The van der Waals surface area contributed by atoms with Gasteiger partial charge < -0.3 is 5.32 Å². The molecule has 0 aliphatic rings. The summed E-state index contributed by atoms with van der Waals surface area (Å²) in [6.45, 7) is 2.37. The van der Waals surface area contributed by atoms with Crippen molar-refractivity contribution in [2.75, 3.05) is 13.6 Å². The number of hydrogen-bond donors (Lipinski definition) is 2. The first-order chi connectivity index (χ1) is 12.0. The van der Waals surface area contributed by atoms with Crippen molar-refractivity contribution >= 4 is 21.6 Å². The van der Waals surface area contributed by atoms with E-state index in [1.165, 1.54) is 19.3 Å². The molecule has 0 aliphatic heterocycles. The molecule has 0 radical (unpaired) electrons. The molecule has 0 saturated heterocycles. The average molecular weight is 358 g/mol. The molecule has 0 fully saturated rings. The van der Waals surface area contributed by atoms with E-state index < -0.39 is 10.0 Å². The second kappa shape index (κ2) is 6.66. The molecular weight excluding hydrogens is 340 g/mol. The smallest absolute Gasteiger partial charge is 0.269 e. The van der Waals surface area contributed by atoms with E-state index in [-0.39, 0.29) is 10.8 Å². The van der Waals surface area contributed by atoms with Crippen molar-refractivity contribution < 1.29 is 13.2 Å².